The van der Waals surface area contributed by atoms with Crippen LogP contribution in [0.5, 0.6) is 11.5 Å². The normalized spacial score (nSPS) is 17.3. The SMILES string of the molecule is CCOc1ccc(Cl)c(/C(O)=C2\C(=O)C(=O)N(c3ccc(C(C)C)cc3)C2c2cccc(O)c2)c1. The minimum Gasteiger partial charge on any atom is -0.508 e. The number of hydrogen-bond acceptors (Lipinski definition) is 5. The molecule has 1 fully saturated rings. The van der Waals surface area contributed by atoms with Crippen LogP contribution in [0.25, 0.3) is 5.76 Å². The van der Waals surface area contributed by atoms with Crippen molar-refractivity contribution in [2.24, 2.45) is 0 Å². The first-order valence-electron chi connectivity index (χ1n) is 11.4. The number of anilines is 1. The number of carbonyl (C=O) groups excluding carboxylic acids is 2. The van der Waals surface area contributed by atoms with Crippen molar-refractivity contribution in [1.29, 1.82) is 0 Å². The Kier molecular flexibility index (Phi) is 6.85. The van der Waals surface area contributed by atoms with E-state index in [4.69, 9.17) is 16.3 Å². The third-order valence-corrected chi connectivity index (χ3v) is 6.30. The van der Waals surface area contributed by atoms with E-state index in [0.717, 1.165) is 5.56 Å². The van der Waals surface area contributed by atoms with E-state index in [1.807, 2.05) is 19.1 Å². The first kappa shape index (κ1) is 24.4. The molecule has 6 nitrogen and oxygen atoms in total. The van der Waals surface area contributed by atoms with Crippen LogP contribution in [0.3, 0.4) is 0 Å². The maximum atomic E-state index is 13.3. The van der Waals surface area contributed by atoms with E-state index >= 15 is 0 Å². The predicted octanol–water partition coefficient (Wildman–Crippen LogP) is 6.19. The number of hydrogen-bond donors (Lipinski definition) is 2. The summed E-state index contributed by atoms with van der Waals surface area (Å²) in [6.45, 7) is 6.36. The highest BCUT2D eigenvalue weighted by atomic mass is 35.5. The van der Waals surface area contributed by atoms with Gasteiger partial charge in [-0.05, 0) is 66.4 Å². The lowest BCUT2D eigenvalue weighted by molar-refractivity contribution is -0.132. The van der Waals surface area contributed by atoms with E-state index < -0.39 is 23.5 Å². The van der Waals surface area contributed by atoms with Crippen molar-refractivity contribution in [3.8, 4) is 11.5 Å². The van der Waals surface area contributed by atoms with Gasteiger partial charge in [0.05, 0.1) is 23.2 Å². The number of ketones is 1. The zero-order chi connectivity index (χ0) is 25.3. The van der Waals surface area contributed by atoms with Crippen molar-refractivity contribution in [3.05, 3.63) is 94.0 Å². The topological polar surface area (TPSA) is 87.1 Å². The Morgan fingerprint density at radius 3 is 2.40 bits per heavy atom. The van der Waals surface area contributed by atoms with Crippen LogP contribution in [0.15, 0.2) is 72.3 Å². The average molecular weight is 492 g/mol. The highest BCUT2D eigenvalue weighted by molar-refractivity contribution is 6.52. The summed E-state index contributed by atoms with van der Waals surface area (Å²) in [6.07, 6.45) is 0. The second-order valence-corrected chi connectivity index (χ2v) is 8.99. The predicted molar refractivity (Wildman–Crippen MR) is 136 cm³/mol. The summed E-state index contributed by atoms with van der Waals surface area (Å²) < 4.78 is 5.52. The number of ether oxygens (including phenoxy) is 1. The molecule has 0 spiro atoms. The molecule has 4 rings (SSSR count). The number of rotatable bonds is 6. The fraction of sp³-hybridized carbons (Fsp3) is 0.214. The largest absolute Gasteiger partial charge is 0.508 e. The number of nitrogens with zero attached hydrogens (tertiary/aromatic N) is 1. The summed E-state index contributed by atoms with van der Waals surface area (Å²) in [5.74, 6) is -1.31. The van der Waals surface area contributed by atoms with Crippen LogP contribution in [0, 0.1) is 0 Å². The van der Waals surface area contributed by atoms with Gasteiger partial charge in [-0.15, -0.1) is 0 Å². The Morgan fingerprint density at radius 1 is 1.06 bits per heavy atom. The van der Waals surface area contributed by atoms with Crippen molar-refractivity contribution in [1.82, 2.24) is 0 Å². The summed E-state index contributed by atoms with van der Waals surface area (Å²) in [6, 6.07) is 17.4. The molecule has 2 N–H and O–H groups in total. The monoisotopic (exact) mass is 491 g/mol. The molecule has 1 atom stereocenters. The van der Waals surface area contributed by atoms with Gasteiger partial charge in [0.2, 0.25) is 0 Å². The van der Waals surface area contributed by atoms with Gasteiger partial charge in [-0.1, -0.05) is 49.7 Å². The number of aliphatic hydroxyl groups is 1. The van der Waals surface area contributed by atoms with Gasteiger partial charge < -0.3 is 14.9 Å². The van der Waals surface area contributed by atoms with Crippen LogP contribution >= 0.6 is 11.6 Å². The molecular weight excluding hydrogens is 466 g/mol. The quantitative estimate of drug-likeness (QED) is 0.244. The lowest BCUT2D eigenvalue weighted by Gasteiger charge is -2.26. The van der Waals surface area contributed by atoms with Crippen LogP contribution in [0.2, 0.25) is 5.02 Å². The van der Waals surface area contributed by atoms with Gasteiger partial charge in [-0.25, -0.2) is 0 Å². The van der Waals surface area contributed by atoms with E-state index in [2.05, 4.69) is 13.8 Å². The molecule has 3 aromatic carbocycles. The number of carbonyl (C=O) groups is 2. The maximum absolute atomic E-state index is 13.3. The first-order valence-corrected chi connectivity index (χ1v) is 11.7. The Balaban J connectivity index is 1.93. The molecule has 1 amide bonds. The molecule has 35 heavy (non-hydrogen) atoms. The molecule has 1 aliphatic heterocycles. The first-order chi connectivity index (χ1) is 16.7. The molecule has 0 radical (unpaired) electrons. The number of benzene rings is 3. The second kappa shape index (κ2) is 9.84. The van der Waals surface area contributed by atoms with E-state index in [1.54, 1.807) is 36.4 Å². The van der Waals surface area contributed by atoms with Crippen molar-refractivity contribution in [2.75, 3.05) is 11.5 Å². The standard InChI is InChI=1S/C28H26ClNO5/c1-4-35-21-12-13-23(29)22(15-21)26(32)24-25(18-6-5-7-20(31)14-18)30(28(34)27(24)33)19-10-8-17(9-11-19)16(2)3/h5-16,25,31-32H,4H2,1-3H3/b26-24+. The van der Waals surface area contributed by atoms with Crippen molar-refractivity contribution in [3.63, 3.8) is 0 Å². The van der Waals surface area contributed by atoms with E-state index in [1.165, 1.54) is 23.1 Å². The molecule has 3 aromatic rings. The number of halogens is 1. The molecule has 180 valence electrons. The molecule has 0 bridgehead atoms. The number of aliphatic hydroxyl groups excluding tert-OH is 1. The highest BCUT2D eigenvalue weighted by Gasteiger charge is 2.47. The van der Waals surface area contributed by atoms with E-state index in [9.17, 15) is 19.8 Å². The Labute approximate surface area is 209 Å². The molecule has 1 heterocycles. The third-order valence-electron chi connectivity index (χ3n) is 5.97. The van der Waals surface area contributed by atoms with Gasteiger partial charge in [0.1, 0.15) is 17.3 Å². The molecule has 7 heteroatoms. The molecule has 0 saturated carbocycles. The van der Waals surface area contributed by atoms with Crippen molar-refractivity contribution >= 4 is 34.7 Å². The fourth-order valence-corrected chi connectivity index (χ4v) is 4.42. The average Bonchev–Trinajstić information content (AvgIpc) is 3.10. The lowest BCUT2D eigenvalue weighted by Crippen LogP contribution is -2.29. The number of phenolic OH excluding ortho intramolecular Hbond substituents is 1. The number of phenols is 1. The van der Waals surface area contributed by atoms with Crippen molar-refractivity contribution < 1.29 is 24.5 Å². The highest BCUT2D eigenvalue weighted by Crippen LogP contribution is 2.44. The van der Waals surface area contributed by atoms with Crippen LogP contribution in [0.4, 0.5) is 5.69 Å². The lowest BCUT2D eigenvalue weighted by atomic mass is 9.94. The van der Waals surface area contributed by atoms with Gasteiger partial charge in [-0.2, -0.15) is 0 Å². The smallest absolute Gasteiger partial charge is 0.300 e. The third kappa shape index (κ3) is 4.62. The molecule has 1 aliphatic rings. The van der Waals surface area contributed by atoms with Crippen LogP contribution in [-0.4, -0.2) is 28.5 Å². The minimum absolute atomic E-state index is 0.0281. The van der Waals surface area contributed by atoms with Crippen LogP contribution in [-0.2, 0) is 9.59 Å². The number of aromatic hydroxyl groups is 1. The summed E-state index contributed by atoms with van der Waals surface area (Å²) in [5.41, 5.74) is 2.10. The van der Waals surface area contributed by atoms with Gasteiger partial charge in [0, 0.05) is 11.3 Å². The van der Waals surface area contributed by atoms with Gasteiger partial charge in [-0.3, -0.25) is 14.5 Å². The summed E-state index contributed by atoms with van der Waals surface area (Å²) in [4.78, 5) is 28.0. The maximum Gasteiger partial charge on any atom is 0.300 e. The molecular formula is C28H26ClNO5. The van der Waals surface area contributed by atoms with Gasteiger partial charge in [0.25, 0.3) is 11.7 Å². The Morgan fingerprint density at radius 2 is 1.77 bits per heavy atom. The Hall–Kier alpha value is -3.77. The molecule has 1 unspecified atom stereocenters. The van der Waals surface area contributed by atoms with Crippen LogP contribution in [0.1, 0.15) is 49.4 Å². The Bertz CT molecular complexity index is 1310. The second-order valence-electron chi connectivity index (χ2n) is 8.58. The van der Waals surface area contributed by atoms with E-state index in [-0.39, 0.29) is 21.9 Å². The van der Waals surface area contributed by atoms with Gasteiger partial charge in [0.15, 0.2) is 0 Å². The molecule has 1 saturated heterocycles. The number of amides is 1. The van der Waals surface area contributed by atoms with E-state index in [0.29, 0.717) is 29.5 Å². The van der Waals surface area contributed by atoms with Gasteiger partial charge >= 0.3 is 0 Å². The fourth-order valence-electron chi connectivity index (χ4n) is 4.22. The number of Topliss-reactive ketones (excluding diaryl/α,β-unsaturated/α-hetero) is 1. The zero-order valence-electron chi connectivity index (χ0n) is 19.7. The minimum atomic E-state index is -0.973. The molecule has 0 aliphatic carbocycles. The zero-order valence-corrected chi connectivity index (χ0v) is 20.4. The summed E-state index contributed by atoms with van der Waals surface area (Å²) >= 11 is 6.37. The summed E-state index contributed by atoms with van der Waals surface area (Å²) in [7, 11) is 0. The molecule has 0 aromatic heterocycles. The van der Waals surface area contributed by atoms with Crippen molar-refractivity contribution in [2.45, 2.75) is 32.7 Å². The van der Waals surface area contributed by atoms with Crippen LogP contribution < -0.4 is 9.64 Å². The summed E-state index contributed by atoms with van der Waals surface area (Å²) in [5, 5.41) is 21.7.